The van der Waals surface area contributed by atoms with Crippen LogP contribution in [0.1, 0.15) is 18.4 Å². The van der Waals surface area contributed by atoms with Crippen molar-refractivity contribution >= 4 is 5.69 Å². The summed E-state index contributed by atoms with van der Waals surface area (Å²) >= 11 is 0. The predicted octanol–water partition coefficient (Wildman–Crippen LogP) is 1.86. The van der Waals surface area contributed by atoms with E-state index in [1.54, 1.807) is 18.2 Å². The topological polar surface area (TPSA) is 47.3 Å². The van der Waals surface area contributed by atoms with E-state index < -0.39 is 0 Å². The highest BCUT2D eigenvalue weighted by atomic mass is 16.3. The molecule has 0 saturated carbocycles. The van der Waals surface area contributed by atoms with Gasteiger partial charge in [0.25, 0.3) is 0 Å². The van der Waals surface area contributed by atoms with E-state index in [0.29, 0.717) is 11.3 Å². The monoisotopic (exact) mass is 188 g/mol. The predicted molar refractivity (Wildman–Crippen MR) is 54.3 cm³/mol. The van der Waals surface area contributed by atoms with Crippen LogP contribution in [-0.4, -0.2) is 18.2 Å². The third-order valence-corrected chi connectivity index (χ3v) is 2.56. The van der Waals surface area contributed by atoms with Gasteiger partial charge in [-0.05, 0) is 25.0 Å². The molecule has 1 aliphatic heterocycles. The summed E-state index contributed by atoms with van der Waals surface area (Å²) in [6, 6.07) is 7.19. The molecule has 0 bridgehead atoms. The molecule has 1 aromatic carbocycles. The van der Waals surface area contributed by atoms with Gasteiger partial charge >= 0.3 is 0 Å². The van der Waals surface area contributed by atoms with Crippen LogP contribution in [0.3, 0.4) is 0 Å². The molecule has 1 aromatic rings. The summed E-state index contributed by atoms with van der Waals surface area (Å²) in [7, 11) is 0. The average Bonchev–Trinajstić information content (AvgIpc) is 2.70. The lowest BCUT2D eigenvalue weighted by Crippen LogP contribution is -2.18. The molecule has 0 amide bonds. The van der Waals surface area contributed by atoms with Crippen LogP contribution < -0.4 is 4.90 Å². The molecule has 3 heteroatoms. The maximum atomic E-state index is 9.69. The summed E-state index contributed by atoms with van der Waals surface area (Å²) < 4.78 is 0. The first kappa shape index (κ1) is 8.89. The van der Waals surface area contributed by atoms with Crippen molar-refractivity contribution in [3.63, 3.8) is 0 Å². The van der Waals surface area contributed by atoms with Gasteiger partial charge in [-0.2, -0.15) is 5.26 Å². The number of phenolic OH excluding ortho intramolecular Hbond substituents is 1. The molecule has 0 unspecified atom stereocenters. The van der Waals surface area contributed by atoms with E-state index in [0.717, 1.165) is 25.9 Å². The summed E-state index contributed by atoms with van der Waals surface area (Å²) in [5.74, 6) is 0.214. The quantitative estimate of drug-likeness (QED) is 0.731. The third kappa shape index (κ3) is 1.39. The minimum absolute atomic E-state index is 0.214. The highest BCUT2D eigenvalue weighted by molar-refractivity contribution is 5.67. The molecule has 0 radical (unpaired) electrons. The van der Waals surface area contributed by atoms with Crippen molar-refractivity contribution in [1.82, 2.24) is 0 Å². The van der Waals surface area contributed by atoms with Crippen molar-refractivity contribution in [3.05, 3.63) is 23.8 Å². The maximum absolute atomic E-state index is 9.69. The van der Waals surface area contributed by atoms with E-state index in [1.165, 1.54) is 0 Å². The number of para-hydroxylation sites is 1. The summed E-state index contributed by atoms with van der Waals surface area (Å²) in [4.78, 5) is 2.08. The summed E-state index contributed by atoms with van der Waals surface area (Å²) in [5.41, 5.74) is 1.26. The third-order valence-electron chi connectivity index (χ3n) is 2.56. The molecule has 14 heavy (non-hydrogen) atoms. The van der Waals surface area contributed by atoms with Gasteiger partial charge in [-0.3, -0.25) is 0 Å². The number of rotatable bonds is 1. The molecule has 3 nitrogen and oxygen atoms in total. The van der Waals surface area contributed by atoms with E-state index in [2.05, 4.69) is 11.0 Å². The van der Waals surface area contributed by atoms with E-state index in [4.69, 9.17) is 5.26 Å². The van der Waals surface area contributed by atoms with Gasteiger partial charge in [-0.25, -0.2) is 0 Å². The van der Waals surface area contributed by atoms with Crippen LogP contribution in [0.5, 0.6) is 5.75 Å². The van der Waals surface area contributed by atoms with Crippen molar-refractivity contribution in [2.24, 2.45) is 0 Å². The molecule has 0 aromatic heterocycles. The molecule has 2 rings (SSSR count). The number of hydrogen-bond acceptors (Lipinski definition) is 3. The van der Waals surface area contributed by atoms with Gasteiger partial charge in [-0.15, -0.1) is 0 Å². The van der Waals surface area contributed by atoms with E-state index >= 15 is 0 Å². The molecule has 72 valence electrons. The summed E-state index contributed by atoms with van der Waals surface area (Å²) in [5, 5.41) is 18.6. The van der Waals surface area contributed by atoms with Crippen LogP contribution in [-0.2, 0) is 0 Å². The summed E-state index contributed by atoms with van der Waals surface area (Å²) in [6.45, 7) is 1.87. The highest BCUT2D eigenvalue weighted by Gasteiger charge is 2.18. The fourth-order valence-electron chi connectivity index (χ4n) is 1.89. The number of anilines is 1. The van der Waals surface area contributed by atoms with Crippen LogP contribution in [0.25, 0.3) is 0 Å². The Morgan fingerprint density at radius 2 is 2.00 bits per heavy atom. The molecule has 1 heterocycles. The lowest BCUT2D eigenvalue weighted by atomic mass is 10.1. The zero-order valence-corrected chi connectivity index (χ0v) is 7.90. The molecule has 1 aliphatic rings. The molecule has 0 aliphatic carbocycles. The zero-order valence-electron chi connectivity index (χ0n) is 7.90. The molecular weight excluding hydrogens is 176 g/mol. The second-order valence-corrected chi connectivity index (χ2v) is 3.48. The molecule has 1 fully saturated rings. The Labute approximate surface area is 83.2 Å². The van der Waals surface area contributed by atoms with Gasteiger partial charge in [0.05, 0.1) is 11.3 Å². The Bertz CT molecular complexity index is 375. The average molecular weight is 188 g/mol. The lowest BCUT2D eigenvalue weighted by Gasteiger charge is -2.19. The second-order valence-electron chi connectivity index (χ2n) is 3.48. The van der Waals surface area contributed by atoms with Crippen LogP contribution in [0.4, 0.5) is 5.69 Å². The normalized spacial score (nSPS) is 15.5. The molecular formula is C11H12N2O. The highest BCUT2D eigenvalue weighted by Crippen LogP contribution is 2.32. The molecule has 0 atom stereocenters. The van der Waals surface area contributed by atoms with E-state index in [-0.39, 0.29) is 5.75 Å². The number of nitrogens with zero attached hydrogens (tertiary/aromatic N) is 2. The Morgan fingerprint density at radius 3 is 2.64 bits per heavy atom. The van der Waals surface area contributed by atoms with Crippen molar-refractivity contribution in [2.45, 2.75) is 12.8 Å². The summed E-state index contributed by atoms with van der Waals surface area (Å²) in [6.07, 6.45) is 2.28. The van der Waals surface area contributed by atoms with Gasteiger partial charge < -0.3 is 10.0 Å². The Balaban J connectivity index is 2.44. The van der Waals surface area contributed by atoms with E-state index in [1.807, 2.05) is 0 Å². The minimum atomic E-state index is 0.214. The van der Waals surface area contributed by atoms with Gasteiger partial charge in [-0.1, -0.05) is 6.07 Å². The maximum Gasteiger partial charge on any atom is 0.140 e. The molecule has 1 saturated heterocycles. The number of aromatic hydroxyl groups is 1. The standard InChI is InChI=1S/C11H12N2O/c12-8-9-4-3-5-10(14)11(9)13-6-1-2-7-13/h3-5,14H,1-2,6-7H2. The molecule has 1 N–H and O–H groups in total. The molecule has 0 spiro atoms. The Morgan fingerprint density at radius 1 is 1.29 bits per heavy atom. The SMILES string of the molecule is N#Cc1cccc(O)c1N1CCCC1. The van der Waals surface area contributed by atoms with Gasteiger partial charge in [0.1, 0.15) is 11.8 Å². The first-order valence-corrected chi connectivity index (χ1v) is 4.80. The van der Waals surface area contributed by atoms with Gasteiger partial charge in [0.15, 0.2) is 0 Å². The fraction of sp³-hybridized carbons (Fsp3) is 0.364. The smallest absolute Gasteiger partial charge is 0.140 e. The lowest BCUT2D eigenvalue weighted by molar-refractivity contribution is 0.474. The van der Waals surface area contributed by atoms with Gasteiger partial charge in [0.2, 0.25) is 0 Å². The Hall–Kier alpha value is -1.69. The van der Waals surface area contributed by atoms with Crippen molar-refractivity contribution in [2.75, 3.05) is 18.0 Å². The number of benzene rings is 1. The number of phenols is 1. The van der Waals surface area contributed by atoms with Crippen molar-refractivity contribution < 1.29 is 5.11 Å². The van der Waals surface area contributed by atoms with Crippen molar-refractivity contribution in [3.8, 4) is 11.8 Å². The fourth-order valence-corrected chi connectivity index (χ4v) is 1.89. The zero-order chi connectivity index (χ0) is 9.97. The number of nitriles is 1. The van der Waals surface area contributed by atoms with Crippen molar-refractivity contribution in [1.29, 1.82) is 5.26 Å². The second kappa shape index (κ2) is 3.59. The largest absolute Gasteiger partial charge is 0.506 e. The van der Waals surface area contributed by atoms with Gasteiger partial charge in [0, 0.05) is 13.1 Å². The van der Waals surface area contributed by atoms with Crippen LogP contribution in [0.2, 0.25) is 0 Å². The van der Waals surface area contributed by atoms with Crippen LogP contribution in [0, 0.1) is 11.3 Å². The van der Waals surface area contributed by atoms with E-state index in [9.17, 15) is 5.11 Å². The number of hydrogen-bond donors (Lipinski definition) is 1. The van der Waals surface area contributed by atoms with Crippen LogP contribution >= 0.6 is 0 Å². The Kier molecular flexibility index (Phi) is 2.28. The first-order chi connectivity index (χ1) is 6.83. The minimum Gasteiger partial charge on any atom is -0.506 e. The first-order valence-electron chi connectivity index (χ1n) is 4.80. The van der Waals surface area contributed by atoms with Crippen LogP contribution in [0.15, 0.2) is 18.2 Å².